The second kappa shape index (κ2) is 3.96. The van der Waals surface area contributed by atoms with Crippen molar-refractivity contribution in [1.29, 1.82) is 0 Å². The molecule has 1 atom stereocenters. The normalized spacial score (nSPS) is 19.9. The van der Waals surface area contributed by atoms with Crippen LogP contribution in [0.5, 0.6) is 0 Å². The predicted octanol–water partition coefficient (Wildman–Crippen LogP) is 2.07. The third-order valence-electron chi connectivity index (χ3n) is 2.44. The van der Waals surface area contributed by atoms with Crippen molar-refractivity contribution in [2.24, 2.45) is 0 Å². The van der Waals surface area contributed by atoms with Gasteiger partial charge in [0.15, 0.2) is 11.9 Å². The zero-order valence-corrected chi connectivity index (χ0v) is 8.45. The van der Waals surface area contributed by atoms with Gasteiger partial charge in [0.05, 0.1) is 0 Å². The number of hydrogen-bond acceptors (Lipinski definition) is 3. The standard InChI is InChI=1S/C11H7F3O3/c12-11(13,14)10(16)9-7-4-2-1-3-6(7)8(15)5-17-9/h1-4,9H,5H2. The minimum absolute atomic E-state index is 0.0222. The number of halogens is 3. The van der Waals surface area contributed by atoms with Crippen molar-refractivity contribution in [3.63, 3.8) is 0 Å². The molecule has 0 fully saturated rings. The summed E-state index contributed by atoms with van der Waals surface area (Å²) in [6.07, 6.45) is -6.71. The van der Waals surface area contributed by atoms with Crippen LogP contribution in [0.15, 0.2) is 24.3 Å². The van der Waals surface area contributed by atoms with E-state index in [9.17, 15) is 22.8 Å². The molecule has 0 saturated carbocycles. The van der Waals surface area contributed by atoms with Gasteiger partial charge in [0.1, 0.15) is 6.61 Å². The Labute approximate surface area is 94.2 Å². The molecule has 0 amide bonds. The van der Waals surface area contributed by atoms with Gasteiger partial charge in [0.25, 0.3) is 5.78 Å². The first-order valence-corrected chi connectivity index (χ1v) is 4.76. The van der Waals surface area contributed by atoms with E-state index in [-0.39, 0.29) is 11.1 Å². The molecule has 1 aromatic carbocycles. The molecule has 0 radical (unpaired) electrons. The molecule has 2 rings (SSSR count). The van der Waals surface area contributed by atoms with Crippen LogP contribution in [0.1, 0.15) is 22.0 Å². The van der Waals surface area contributed by atoms with Crippen molar-refractivity contribution in [3.05, 3.63) is 35.4 Å². The van der Waals surface area contributed by atoms with Gasteiger partial charge in [-0.15, -0.1) is 0 Å². The number of ketones is 2. The first-order valence-electron chi connectivity index (χ1n) is 4.76. The highest BCUT2D eigenvalue weighted by molar-refractivity contribution is 6.02. The molecule has 0 aromatic heterocycles. The zero-order valence-electron chi connectivity index (χ0n) is 8.45. The number of alkyl halides is 3. The molecule has 90 valence electrons. The fraction of sp³-hybridized carbons (Fsp3) is 0.273. The lowest BCUT2D eigenvalue weighted by Crippen LogP contribution is -2.35. The maximum atomic E-state index is 12.3. The van der Waals surface area contributed by atoms with E-state index in [1.165, 1.54) is 24.3 Å². The molecule has 1 aromatic rings. The molecule has 0 bridgehead atoms. The fourth-order valence-electron chi connectivity index (χ4n) is 1.67. The number of fused-ring (bicyclic) bond motifs is 1. The first-order chi connectivity index (χ1) is 7.91. The number of carbonyl (C=O) groups is 2. The van der Waals surface area contributed by atoms with Gasteiger partial charge >= 0.3 is 6.18 Å². The Morgan fingerprint density at radius 1 is 1.29 bits per heavy atom. The van der Waals surface area contributed by atoms with Crippen LogP contribution in [0, 0.1) is 0 Å². The van der Waals surface area contributed by atoms with Gasteiger partial charge in [0, 0.05) is 5.56 Å². The highest BCUT2D eigenvalue weighted by Gasteiger charge is 2.46. The van der Waals surface area contributed by atoms with E-state index in [2.05, 4.69) is 4.74 Å². The summed E-state index contributed by atoms with van der Waals surface area (Å²) in [6, 6.07) is 5.66. The van der Waals surface area contributed by atoms with Crippen LogP contribution in [-0.2, 0) is 9.53 Å². The number of rotatable bonds is 1. The largest absolute Gasteiger partial charge is 0.453 e. The van der Waals surface area contributed by atoms with Crippen LogP contribution in [0.4, 0.5) is 13.2 Å². The summed E-state index contributed by atoms with van der Waals surface area (Å²) in [4.78, 5) is 22.5. The second-order valence-corrected chi connectivity index (χ2v) is 3.56. The number of Topliss-reactive ketones (excluding diaryl/α,β-unsaturated/α-hetero) is 2. The Morgan fingerprint density at radius 2 is 1.94 bits per heavy atom. The van der Waals surface area contributed by atoms with Crippen LogP contribution in [-0.4, -0.2) is 24.3 Å². The zero-order chi connectivity index (χ0) is 12.6. The van der Waals surface area contributed by atoms with Crippen molar-refractivity contribution in [3.8, 4) is 0 Å². The lowest BCUT2D eigenvalue weighted by molar-refractivity contribution is -0.183. The van der Waals surface area contributed by atoms with E-state index >= 15 is 0 Å². The molecular formula is C11H7F3O3. The first kappa shape index (κ1) is 11.8. The SMILES string of the molecule is O=C1COC(C(=O)C(F)(F)F)c2ccccc21. The summed E-state index contributed by atoms with van der Waals surface area (Å²) in [6.45, 7) is -0.510. The van der Waals surface area contributed by atoms with Gasteiger partial charge in [0.2, 0.25) is 0 Å². The van der Waals surface area contributed by atoms with E-state index in [1.807, 2.05) is 0 Å². The molecule has 0 aliphatic carbocycles. The summed E-state index contributed by atoms with van der Waals surface area (Å²) in [5, 5.41) is 0. The summed E-state index contributed by atoms with van der Waals surface area (Å²) < 4.78 is 41.6. The third-order valence-corrected chi connectivity index (χ3v) is 2.44. The Kier molecular flexibility index (Phi) is 2.74. The fourth-order valence-corrected chi connectivity index (χ4v) is 1.67. The lowest BCUT2D eigenvalue weighted by atomic mass is 9.94. The van der Waals surface area contributed by atoms with E-state index in [1.54, 1.807) is 0 Å². The number of carbonyl (C=O) groups excluding carboxylic acids is 2. The average Bonchev–Trinajstić information content (AvgIpc) is 2.28. The van der Waals surface area contributed by atoms with E-state index < -0.39 is 30.5 Å². The van der Waals surface area contributed by atoms with Crippen molar-refractivity contribution >= 4 is 11.6 Å². The summed E-state index contributed by atoms with van der Waals surface area (Å²) in [5.41, 5.74) is 0.0902. The van der Waals surface area contributed by atoms with E-state index in [4.69, 9.17) is 0 Å². The van der Waals surface area contributed by atoms with Gasteiger partial charge in [-0.2, -0.15) is 13.2 Å². The van der Waals surface area contributed by atoms with Gasteiger partial charge in [-0.25, -0.2) is 0 Å². The minimum Gasteiger partial charge on any atom is -0.357 e. The monoisotopic (exact) mass is 244 g/mol. The van der Waals surface area contributed by atoms with Crippen LogP contribution >= 0.6 is 0 Å². The Balaban J connectivity index is 2.44. The highest BCUT2D eigenvalue weighted by Crippen LogP contribution is 2.33. The van der Waals surface area contributed by atoms with Crippen molar-refractivity contribution in [1.82, 2.24) is 0 Å². The Bertz CT molecular complexity index is 479. The predicted molar refractivity (Wildman–Crippen MR) is 50.5 cm³/mol. The minimum atomic E-state index is -4.97. The van der Waals surface area contributed by atoms with Crippen molar-refractivity contribution < 1.29 is 27.5 Å². The Hall–Kier alpha value is -1.69. The molecular weight excluding hydrogens is 237 g/mol. The Morgan fingerprint density at radius 3 is 2.59 bits per heavy atom. The highest BCUT2D eigenvalue weighted by atomic mass is 19.4. The van der Waals surface area contributed by atoms with Crippen molar-refractivity contribution in [2.45, 2.75) is 12.3 Å². The lowest BCUT2D eigenvalue weighted by Gasteiger charge is -2.24. The topological polar surface area (TPSA) is 43.4 Å². The van der Waals surface area contributed by atoms with Crippen LogP contribution in [0.3, 0.4) is 0 Å². The van der Waals surface area contributed by atoms with Gasteiger partial charge < -0.3 is 4.74 Å². The summed E-state index contributed by atoms with van der Waals surface area (Å²) >= 11 is 0. The smallest absolute Gasteiger partial charge is 0.357 e. The molecule has 1 unspecified atom stereocenters. The molecule has 1 heterocycles. The maximum Gasteiger partial charge on any atom is 0.453 e. The number of ether oxygens (including phenoxy) is 1. The molecule has 0 saturated heterocycles. The van der Waals surface area contributed by atoms with Gasteiger partial charge in [-0.1, -0.05) is 24.3 Å². The van der Waals surface area contributed by atoms with E-state index in [0.29, 0.717) is 0 Å². The molecule has 0 spiro atoms. The van der Waals surface area contributed by atoms with Gasteiger partial charge in [-0.05, 0) is 5.56 Å². The molecule has 1 aliphatic heterocycles. The molecule has 3 nitrogen and oxygen atoms in total. The van der Waals surface area contributed by atoms with E-state index in [0.717, 1.165) is 0 Å². The second-order valence-electron chi connectivity index (χ2n) is 3.56. The van der Waals surface area contributed by atoms with Crippen LogP contribution < -0.4 is 0 Å². The van der Waals surface area contributed by atoms with Crippen LogP contribution in [0.2, 0.25) is 0 Å². The molecule has 1 aliphatic rings. The number of hydrogen-bond donors (Lipinski definition) is 0. The molecule has 6 heteroatoms. The van der Waals surface area contributed by atoms with Crippen LogP contribution in [0.25, 0.3) is 0 Å². The van der Waals surface area contributed by atoms with Crippen molar-refractivity contribution in [2.75, 3.05) is 6.61 Å². The average molecular weight is 244 g/mol. The van der Waals surface area contributed by atoms with Gasteiger partial charge in [-0.3, -0.25) is 9.59 Å². The number of benzene rings is 1. The summed E-state index contributed by atoms with van der Waals surface area (Å²) in [7, 11) is 0. The summed E-state index contributed by atoms with van der Waals surface area (Å²) in [5.74, 6) is -2.41. The third kappa shape index (κ3) is 2.08. The molecule has 17 heavy (non-hydrogen) atoms. The quantitative estimate of drug-likeness (QED) is 0.759. The maximum absolute atomic E-state index is 12.3. The molecule has 0 N–H and O–H groups in total.